The first-order chi connectivity index (χ1) is 10.1. The molecule has 3 atom stereocenters. The molecule has 2 aliphatic heterocycles. The summed E-state index contributed by atoms with van der Waals surface area (Å²) in [5.74, 6) is 1.12. The van der Waals surface area contributed by atoms with Gasteiger partial charge in [0.2, 0.25) is 0 Å². The van der Waals surface area contributed by atoms with Crippen molar-refractivity contribution in [3.63, 3.8) is 0 Å². The highest BCUT2D eigenvalue weighted by Gasteiger charge is 2.46. The lowest BCUT2D eigenvalue weighted by Gasteiger charge is -2.48. The van der Waals surface area contributed by atoms with Crippen molar-refractivity contribution in [2.45, 2.75) is 44.8 Å². The van der Waals surface area contributed by atoms with Crippen molar-refractivity contribution in [2.24, 2.45) is 5.92 Å². The Kier molecular flexibility index (Phi) is 4.18. The van der Waals surface area contributed by atoms with E-state index in [4.69, 9.17) is 4.74 Å². The van der Waals surface area contributed by atoms with E-state index in [0.29, 0.717) is 5.92 Å². The van der Waals surface area contributed by atoms with E-state index < -0.39 is 0 Å². The van der Waals surface area contributed by atoms with E-state index >= 15 is 0 Å². The quantitative estimate of drug-likeness (QED) is 0.898. The Bertz CT molecular complexity index is 508. The molecule has 3 nitrogen and oxygen atoms in total. The van der Waals surface area contributed by atoms with Gasteiger partial charge in [-0.2, -0.15) is 0 Å². The van der Waals surface area contributed by atoms with Gasteiger partial charge in [-0.1, -0.05) is 13.8 Å². The molecule has 0 saturated carbocycles. The van der Waals surface area contributed by atoms with Crippen molar-refractivity contribution in [3.05, 3.63) is 29.6 Å². The number of ether oxygens (including phenoxy) is 1. The Hall–Kier alpha value is -1.13. The number of hydrogen-bond acceptors (Lipinski definition) is 3. The van der Waals surface area contributed by atoms with Gasteiger partial charge in [0.1, 0.15) is 17.2 Å². The maximum atomic E-state index is 13.6. The van der Waals surface area contributed by atoms with Crippen molar-refractivity contribution in [1.29, 1.82) is 0 Å². The van der Waals surface area contributed by atoms with Gasteiger partial charge < -0.3 is 15.4 Å². The molecule has 1 aromatic rings. The van der Waals surface area contributed by atoms with E-state index in [0.717, 1.165) is 50.2 Å². The smallest absolute Gasteiger partial charge is 0.125 e. The van der Waals surface area contributed by atoms with Crippen LogP contribution in [0.5, 0.6) is 5.75 Å². The van der Waals surface area contributed by atoms with Crippen LogP contribution < -0.4 is 15.4 Å². The summed E-state index contributed by atoms with van der Waals surface area (Å²) in [6.07, 6.45) is 3.01. The molecule has 2 heterocycles. The van der Waals surface area contributed by atoms with Crippen LogP contribution in [0, 0.1) is 11.7 Å². The SMILES string of the molecule is CCCNC1CC2(CCNCC2C)Oc2ccc(F)cc21. The fourth-order valence-corrected chi connectivity index (χ4v) is 3.61. The molecular weight excluding hydrogens is 267 g/mol. The van der Waals surface area contributed by atoms with E-state index in [1.165, 1.54) is 6.07 Å². The molecule has 3 rings (SSSR count). The van der Waals surface area contributed by atoms with Crippen molar-refractivity contribution >= 4 is 0 Å². The number of piperidine rings is 1. The van der Waals surface area contributed by atoms with Crippen LogP contribution in [0.25, 0.3) is 0 Å². The van der Waals surface area contributed by atoms with Crippen LogP contribution in [0.1, 0.15) is 44.7 Å². The van der Waals surface area contributed by atoms with Crippen LogP contribution in [-0.2, 0) is 0 Å². The fourth-order valence-electron chi connectivity index (χ4n) is 3.61. The lowest BCUT2D eigenvalue weighted by Crippen LogP contribution is -2.56. The highest BCUT2D eigenvalue weighted by Crippen LogP contribution is 2.45. The highest BCUT2D eigenvalue weighted by molar-refractivity contribution is 5.40. The molecule has 0 amide bonds. The molecule has 0 aromatic heterocycles. The summed E-state index contributed by atoms with van der Waals surface area (Å²) in [4.78, 5) is 0. The molecule has 0 aliphatic carbocycles. The predicted octanol–water partition coefficient (Wildman–Crippen LogP) is 3.02. The lowest BCUT2D eigenvalue weighted by atomic mass is 9.75. The largest absolute Gasteiger partial charge is 0.486 e. The first-order valence-electron chi connectivity index (χ1n) is 8.07. The zero-order chi connectivity index (χ0) is 14.9. The maximum Gasteiger partial charge on any atom is 0.125 e. The third kappa shape index (κ3) is 2.79. The van der Waals surface area contributed by atoms with Gasteiger partial charge >= 0.3 is 0 Å². The van der Waals surface area contributed by atoms with Gasteiger partial charge in [-0.3, -0.25) is 0 Å². The molecule has 3 unspecified atom stereocenters. The number of benzene rings is 1. The Labute approximate surface area is 126 Å². The summed E-state index contributed by atoms with van der Waals surface area (Å²) in [5.41, 5.74) is 0.849. The van der Waals surface area contributed by atoms with Crippen LogP contribution in [0.4, 0.5) is 4.39 Å². The minimum absolute atomic E-state index is 0.124. The molecule has 2 aliphatic rings. The van der Waals surface area contributed by atoms with Crippen molar-refractivity contribution < 1.29 is 9.13 Å². The maximum absolute atomic E-state index is 13.6. The highest BCUT2D eigenvalue weighted by atomic mass is 19.1. The lowest BCUT2D eigenvalue weighted by molar-refractivity contribution is -0.0374. The molecule has 4 heteroatoms. The van der Waals surface area contributed by atoms with Crippen molar-refractivity contribution in [1.82, 2.24) is 10.6 Å². The normalized spacial score (nSPS) is 31.8. The molecule has 1 aromatic carbocycles. The monoisotopic (exact) mass is 292 g/mol. The second-order valence-corrected chi connectivity index (χ2v) is 6.41. The predicted molar refractivity (Wildman–Crippen MR) is 82.1 cm³/mol. The number of rotatable bonds is 3. The third-order valence-corrected chi connectivity index (χ3v) is 4.92. The van der Waals surface area contributed by atoms with E-state index in [1.807, 2.05) is 0 Å². The molecule has 1 saturated heterocycles. The Morgan fingerprint density at radius 3 is 3.10 bits per heavy atom. The summed E-state index contributed by atoms with van der Waals surface area (Å²) in [7, 11) is 0. The topological polar surface area (TPSA) is 33.3 Å². The molecule has 116 valence electrons. The molecule has 1 spiro atoms. The van der Waals surface area contributed by atoms with Gasteiger partial charge in [0.25, 0.3) is 0 Å². The molecule has 0 bridgehead atoms. The van der Waals surface area contributed by atoms with Gasteiger partial charge in [0.05, 0.1) is 0 Å². The fraction of sp³-hybridized carbons (Fsp3) is 0.647. The zero-order valence-electron chi connectivity index (χ0n) is 12.9. The van der Waals surface area contributed by atoms with Gasteiger partial charge in [0.15, 0.2) is 0 Å². The second-order valence-electron chi connectivity index (χ2n) is 6.41. The minimum Gasteiger partial charge on any atom is -0.486 e. The van der Waals surface area contributed by atoms with Crippen LogP contribution >= 0.6 is 0 Å². The van der Waals surface area contributed by atoms with Crippen LogP contribution in [-0.4, -0.2) is 25.2 Å². The van der Waals surface area contributed by atoms with Crippen LogP contribution in [0.15, 0.2) is 18.2 Å². The Morgan fingerprint density at radius 2 is 2.33 bits per heavy atom. The van der Waals surface area contributed by atoms with E-state index in [9.17, 15) is 4.39 Å². The minimum atomic E-state index is -0.185. The zero-order valence-corrected chi connectivity index (χ0v) is 12.9. The molecular formula is C17H25FN2O. The van der Waals surface area contributed by atoms with Crippen LogP contribution in [0.3, 0.4) is 0 Å². The number of nitrogens with one attached hydrogen (secondary N) is 2. The first kappa shape index (κ1) is 14.8. The van der Waals surface area contributed by atoms with E-state index in [1.54, 1.807) is 12.1 Å². The first-order valence-corrected chi connectivity index (χ1v) is 8.07. The number of fused-ring (bicyclic) bond motifs is 1. The summed E-state index contributed by atoms with van der Waals surface area (Å²) >= 11 is 0. The third-order valence-electron chi connectivity index (χ3n) is 4.92. The summed E-state index contributed by atoms with van der Waals surface area (Å²) < 4.78 is 20.0. The Balaban J connectivity index is 1.94. The van der Waals surface area contributed by atoms with Crippen LogP contribution in [0.2, 0.25) is 0 Å². The van der Waals surface area contributed by atoms with Gasteiger partial charge in [0, 0.05) is 30.5 Å². The average molecular weight is 292 g/mol. The number of hydrogen-bond donors (Lipinski definition) is 2. The molecule has 1 fully saturated rings. The van der Waals surface area contributed by atoms with Crippen molar-refractivity contribution in [3.8, 4) is 5.75 Å². The molecule has 0 radical (unpaired) electrons. The van der Waals surface area contributed by atoms with Gasteiger partial charge in [-0.25, -0.2) is 4.39 Å². The second kappa shape index (κ2) is 5.93. The summed E-state index contributed by atoms with van der Waals surface area (Å²) in [6, 6.07) is 5.10. The van der Waals surface area contributed by atoms with E-state index in [-0.39, 0.29) is 17.5 Å². The summed E-state index contributed by atoms with van der Waals surface area (Å²) in [6.45, 7) is 7.32. The van der Waals surface area contributed by atoms with E-state index in [2.05, 4.69) is 24.5 Å². The van der Waals surface area contributed by atoms with Gasteiger partial charge in [-0.05, 0) is 44.1 Å². The summed E-state index contributed by atoms with van der Waals surface area (Å²) in [5, 5.41) is 7.02. The van der Waals surface area contributed by atoms with Crippen molar-refractivity contribution in [2.75, 3.05) is 19.6 Å². The number of halogens is 1. The standard InChI is InChI=1S/C17H25FN2O/c1-3-7-20-15-10-17(6-8-19-11-12(17)2)21-16-5-4-13(18)9-14(15)16/h4-5,9,12,15,19-20H,3,6-8,10-11H2,1-2H3. The average Bonchev–Trinajstić information content (AvgIpc) is 2.49. The molecule has 21 heavy (non-hydrogen) atoms. The molecule has 2 N–H and O–H groups in total. The van der Waals surface area contributed by atoms with Gasteiger partial charge in [-0.15, -0.1) is 0 Å². The Morgan fingerprint density at radius 1 is 1.48 bits per heavy atom.